The highest BCUT2D eigenvalue weighted by Crippen LogP contribution is 2.05. The molecule has 0 aromatic rings. The number of carbonyl (C=O) groups excluding carboxylic acids is 3. The minimum atomic E-state index is -1.22. The predicted molar refractivity (Wildman–Crippen MR) is 114 cm³/mol. The molecule has 182 valence electrons. The van der Waals surface area contributed by atoms with Gasteiger partial charge in [0.2, 0.25) is 17.7 Å². The average molecular weight is 460 g/mol. The lowest BCUT2D eigenvalue weighted by molar-refractivity contribution is -0.143. The second kappa shape index (κ2) is 14.6. The number of carbonyl (C=O) groups is 5. The van der Waals surface area contributed by atoms with Gasteiger partial charge in [0.25, 0.3) is 0 Å². The normalized spacial score (nSPS) is 13.4. The van der Waals surface area contributed by atoms with Crippen LogP contribution >= 0.6 is 0 Å². The molecule has 0 fully saturated rings. The molecule has 0 bridgehead atoms. The number of carboxylic acids is 2. The van der Waals surface area contributed by atoms with E-state index in [2.05, 4.69) is 20.9 Å². The van der Waals surface area contributed by atoms with Crippen molar-refractivity contribution in [1.29, 1.82) is 0 Å². The van der Waals surface area contributed by atoms with Gasteiger partial charge in [0.1, 0.15) is 12.1 Å². The van der Waals surface area contributed by atoms with Crippen molar-refractivity contribution in [2.45, 2.75) is 57.7 Å². The minimum Gasteiger partial charge on any atom is -0.481 e. The molecule has 3 unspecified atom stereocenters. The van der Waals surface area contributed by atoms with E-state index in [0.29, 0.717) is 6.42 Å². The van der Waals surface area contributed by atoms with Crippen LogP contribution in [0.15, 0.2) is 4.99 Å². The number of hydrogen-bond acceptors (Lipinski definition) is 7. The standard InChI is InChI=1S/C18H33N7O7/c1-9(2)14(17(31)32)25-16(30)11(4-3-7-22-18(20)21)24-12(26)8-23-15(29)10(19)5-6-13(27)28/h9-11,14H,3-8,19H2,1-2H3,(H,23,29)(H,24,26)(H,25,30)(H,27,28)(H,31,32)(H4,20,21,22). The fraction of sp³-hybridized carbons (Fsp3) is 0.667. The molecule has 0 aromatic heterocycles. The SMILES string of the molecule is CC(C)C(NC(=O)C(CCCN=C(N)N)NC(=O)CNC(=O)C(N)CCC(=O)O)C(=O)O. The summed E-state index contributed by atoms with van der Waals surface area (Å²) >= 11 is 0. The molecule has 14 heteroatoms. The average Bonchev–Trinajstić information content (AvgIpc) is 2.69. The van der Waals surface area contributed by atoms with E-state index in [1.165, 1.54) is 0 Å². The van der Waals surface area contributed by atoms with Crippen LogP contribution in [0, 0.1) is 5.92 Å². The quantitative estimate of drug-likeness (QED) is 0.0702. The first-order valence-corrected chi connectivity index (χ1v) is 9.98. The van der Waals surface area contributed by atoms with Crippen LogP contribution in [0.5, 0.6) is 0 Å². The van der Waals surface area contributed by atoms with Crippen LogP contribution in [0.4, 0.5) is 0 Å². The summed E-state index contributed by atoms with van der Waals surface area (Å²) in [6.07, 6.45) is -0.00320. The molecule has 0 aliphatic rings. The molecule has 0 spiro atoms. The molecule has 32 heavy (non-hydrogen) atoms. The summed E-state index contributed by atoms with van der Waals surface area (Å²) in [6.45, 7) is 2.91. The third-order valence-electron chi connectivity index (χ3n) is 4.26. The van der Waals surface area contributed by atoms with Crippen LogP contribution in [-0.2, 0) is 24.0 Å². The van der Waals surface area contributed by atoms with Gasteiger partial charge in [-0.3, -0.25) is 24.2 Å². The van der Waals surface area contributed by atoms with E-state index in [-0.39, 0.29) is 31.8 Å². The predicted octanol–water partition coefficient (Wildman–Crippen LogP) is -2.94. The molecule has 0 aromatic carbocycles. The first kappa shape index (κ1) is 28.6. The van der Waals surface area contributed by atoms with Gasteiger partial charge in [0, 0.05) is 13.0 Å². The number of rotatable bonds is 15. The van der Waals surface area contributed by atoms with Gasteiger partial charge in [-0.2, -0.15) is 0 Å². The van der Waals surface area contributed by atoms with Crippen molar-refractivity contribution in [3.05, 3.63) is 0 Å². The number of nitrogens with one attached hydrogen (secondary N) is 3. The van der Waals surface area contributed by atoms with Crippen molar-refractivity contribution in [2.75, 3.05) is 13.1 Å². The molecule has 3 amide bonds. The van der Waals surface area contributed by atoms with Crippen molar-refractivity contribution in [1.82, 2.24) is 16.0 Å². The Balaban J connectivity index is 4.98. The maximum Gasteiger partial charge on any atom is 0.326 e. The molecule has 11 N–H and O–H groups in total. The molecule has 0 radical (unpaired) electrons. The summed E-state index contributed by atoms with van der Waals surface area (Å²) in [7, 11) is 0. The largest absolute Gasteiger partial charge is 0.481 e. The number of nitrogens with zero attached hydrogens (tertiary/aromatic N) is 1. The monoisotopic (exact) mass is 459 g/mol. The first-order valence-electron chi connectivity index (χ1n) is 9.98. The molecule has 0 saturated heterocycles. The molecule has 14 nitrogen and oxygen atoms in total. The van der Waals surface area contributed by atoms with E-state index in [0.717, 1.165) is 0 Å². The number of aliphatic carboxylic acids is 2. The highest BCUT2D eigenvalue weighted by atomic mass is 16.4. The molecular formula is C18H33N7O7. The van der Waals surface area contributed by atoms with Gasteiger partial charge in [-0.25, -0.2) is 4.79 Å². The van der Waals surface area contributed by atoms with Gasteiger partial charge in [-0.15, -0.1) is 0 Å². The number of carboxylic acid groups (broad SMARTS) is 2. The lowest BCUT2D eigenvalue weighted by atomic mass is 10.0. The molecule has 0 aliphatic heterocycles. The summed E-state index contributed by atoms with van der Waals surface area (Å²) in [4.78, 5) is 62.3. The maximum absolute atomic E-state index is 12.6. The lowest BCUT2D eigenvalue weighted by Crippen LogP contribution is -2.54. The third-order valence-corrected chi connectivity index (χ3v) is 4.26. The third kappa shape index (κ3) is 12.3. The van der Waals surface area contributed by atoms with Gasteiger partial charge in [0.05, 0.1) is 12.6 Å². The van der Waals surface area contributed by atoms with Gasteiger partial charge in [-0.1, -0.05) is 13.8 Å². The Labute approximate surface area is 185 Å². The highest BCUT2D eigenvalue weighted by molar-refractivity contribution is 5.92. The van der Waals surface area contributed by atoms with E-state index in [9.17, 15) is 29.1 Å². The Hall–Kier alpha value is -3.42. The Kier molecular flexibility index (Phi) is 13.0. The Bertz CT molecular complexity index is 708. The summed E-state index contributed by atoms with van der Waals surface area (Å²) in [5.74, 6) is -5.02. The van der Waals surface area contributed by atoms with Crippen LogP contribution in [0.1, 0.15) is 39.5 Å². The number of hydrogen-bond donors (Lipinski definition) is 8. The summed E-state index contributed by atoms with van der Waals surface area (Å²) < 4.78 is 0. The Morgan fingerprint density at radius 1 is 0.969 bits per heavy atom. The zero-order valence-corrected chi connectivity index (χ0v) is 18.2. The number of aliphatic imine (C=N–C) groups is 1. The second-order valence-electron chi connectivity index (χ2n) is 7.39. The van der Waals surface area contributed by atoms with E-state index < -0.39 is 60.2 Å². The summed E-state index contributed by atoms with van der Waals surface area (Å²) in [6, 6.07) is -3.37. The van der Waals surface area contributed by atoms with Gasteiger partial charge < -0.3 is 43.4 Å². The van der Waals surface area contributed by atoms with E-state index >= 15 is 0 Å². The fourth-order valence-electron chi connectivity index (χ4n) is 2.49. The topological polar surface area (TPSA) is 252 Å². The van der Waals surface area contributed by atoms with E-state index in [4.69, 9.17) is 22.3 Å². The highest BCUT2D eigenvalue weighted by Gasteiger charge is 2.28. The zero-order chi connectivity index (χ0) is 24.8. The van der Waals surface area contributed by atoms with Crippen molar-refractivity contribution in [3.63, 3.8) is 0 Å². The minimum absolute atomic E-state index is 0.102. The van der Waals surface area contributed by atoms with Crippen LogP contribution in [0.25, 0.3) is 0 Å². The first-order chi connectivity index (χ1) is 14.8. The summed E-state index contributed by atoms with van der Waals surface area (Å²) in [5, 5.41) is 24.9. The zero-order valence-electron chi connectivity index (χ0n) is 18.2. The van der Waals surface area contributed by atoms with E-state index in [1.807, 2.05) is 0 Å². The molecule has 0 saturated carbocycles. The number of amides is 3. The van der Waals surface area contributed by atoms with Crippen LogP contribution < -0.4 is 33.2 Å². The van der Waals surface area contributed by atoms with Crippen molar-refractivity contribution in [3.8, 4) is 0 Å². The van der Waals surface area contributed by atoms with Crippen LogP contribution in [0.2, 0.25) is 0 Å². The van der Waals surface area contributed by atoms with Gasteiger partial charge in [-0.05, 0) is 25.2 Å². The fourth-order valence-corrected chi connectivity index (χ4v) is 2.49. The summed E-state index contributed by atoms with van der Waals surface area (Å²) in [5.41, 5.74) is 16.0. The van der Waals surface area contributed by atoms with E-state index in [1.54, 1.807) is 13.8 Å². The lowest BCUT2D eigenvalue weighted by Gasteiger charge is -2.23. The van der Waals surface area contributed by atoms with Crippen LogP contribution in [0.3, 0.4) is 0 Å². The number of nitrogens with two attached hydrogens (primary N) is 3. The Morgan fingerprint density at radius 3 is 2.09 bits per heavy atom. The number of guanidine groups is 1. The molecular weight excluding hydrogens is 426 g/mol. The van der Waals surface area contributed by atoms with Crippen molar-refractivity contribution >= 4 is 35.6 Å². The second-order valence-corrected chi connectivity index (χ2v) is 7.39. The van der Waals surface area contributed by atoms with Gasteiger partial charge >= 0.3 is 11.9 Å². The van der Waals surface area contributed by atoms with Crippen molar-refractivity contribution in [2.24, 2.45) is 28.1 Å². The van der Waals surface area contributed by atoms with Gasteiger partial charge in [0.15, 0.2) is 5.96 Å². The molecule has 3 atom stereocenters. The smallest absolute Gasteiger partial charge is 0.326 e. The van der Waals surface area contributed by atoms with Crippen LogP contribution in [-0.4, -0.2) is 77.0 Å². The Morgan fingerprint density at radius 2 is 1.59 bits per heavy atom. The molecule has 0 heterocycles. The molecule has 0 aliphatic carbocycles. The van der Waals surface area contributed by atoms with Crippen molar-refractivity contribution < 1.29 is 34.2 Å². The molecule has 0 rings (SSSR count). The maximum atomic E-state index is 12.6.